The molecule has 1 spiro atoms. The first-order chi connectivity index (χ1) is 15.7. The third-order valence-electron chi connectivity index (χ3n) is 7.60. The SMILES string of the molecule is O=C(Nc1cccc(C(F)(F)F)c1)[C@H]1CCC12CCC(c1ccnc3ccc(F)cc13)CC2. The van der Waals surface area contributed by atoms with Gasteiger partial charge in [-0.25, -0.2) is 4.39 Å². The molecule has 0 saturated heterocycles. The highest BCUT2D eigenvalue weighted by molar-refractivity contribution is 5.93. The van der Waals surface area contributed by atoms with Gasteiger partial charge >= 0.3 is 6.18 Å². The van der Waals surface area contributed by atoms with E-state index in [1.54, 1.807) is 12.3 Å². The van der Waals surface area contributed by atoms with Crippen molar-refractivity contribution in [2.24, 2.45) is 11.3 Å². The lowest BCUT2D eigenvalue weighted by Crippen LogP contribution is -2.48. The summed E-state index contributed by atoms with van der Waals surface area (Å²) in [6, 6.07) is 11.4. The van der Waals surface area contributed by atoms with Crippen LogP contribution in [0.1, 0.15) is 55.6 Å². The molecule has 172 valence electrons. The van der Waals surface area contributed by atoms with Crippen molar-refractivity contribution in [3.05, 3.63) is 71.7 Å². The summed E-state index contributed by atoms with van der Waals surface area (Å²) in [7, 11) is 0. The second-order valence-electron chi connectivity index (χ2n) is 9.36. The summed E-state index contributed by atoms with van der Waals surface area (Å²) in [4.78, 5) is 17.3. The Kier molecular flexibility index (Phi) is 5.38. The fraction of sp³-hybridized carbons (Fsp3) is 0.385. The number of alkyl halides is 3. The van der Waals surface area contributed by atoms with Crippen LogP contribution in [0.2, 0.25) is 0 Å². The largest absolute Gasteiger partial charge is 0.416 e. The lowest BCUT2D eigenvalue weighted by atomic mass is 9.52. The van der Waals surface area contributed by atoms with E-state index in [9.17, 15) is 22.4 Å². The number of pyridine rings is 1. The van der Waals surface area contributed by atoms with Gasteiger partial charge in [0.25, 0.3) is 0 Å². The van der Waals surface area contributed by atoms with Gasteiger partial charge in [0.1, 0.15) is 5.82 Å². The third kappa shape index (κ3) is 4.09. The van der Waals surface area contributed by atoms with E-state index in [4.69, 9.17) is 0 Å². The Balaban J connectivity index is 1.28. The van der Waals surface area contributed by atoms with E-state index >= 15 is 0 Å². The molecule has 1 atom stereocenters. The summed E-state index contributed by atoms with van der Waals surface area (Å²) in [5.41, 5.74) is 1.17. The van der Waals surface area contributed by atoms with Crippen molar-refractivity contribution in [1.29, 1.82) is 0 Å². The van der Waals surface area contributed by atoms with Gasteiger partial charge in [-0.3, -0.25) is 9.78 Å². The van der Waals surface area contributed by atoms with Gasteiger partial charge in [-0.15, -0.1) is 0 Å². The highest BCUT2D eigenvalue weighted by Crippen LogP contribution is 2.58. The van der Waals surface area contributed by atoms with Crippen LogP contribution in [0.4, 0.5) is 23.2 Å². The van der Waals surface area contributed by atoms with Gasteiger partial charge in [-0.2, -0.15) is 13.2 Å². The molecule has 5 rings (SSSR count). The molecule has 0 unspecified atom stereocenters. The van der Waals surface area contributed by atoms with Crippen LogP contribution in [-0.4, -0.2) is 10.9 Å². The number of amides is 1. The molecule has 1 amide bonds. The minimum atomic E-state index is -4.45. The van der Waals surface area contributed by atoms with E-state index < -0.39 is 11.7 Å². The van der Waals surface area contributed by atoms with E-state index in [0.717, 1.165) is 67.1 Å². The maximum atomic E-state index is 13.8. The number of fused-ring (bicyclic) bond motifs is 1. The Bertz CT molecular complexity index is 1200. The van der Waals surface area contributed by atoms with Crippen molar-refractivity contribution in [2.75, 3.05) is 5.32 Å². The number of hydrogen-bond acceptors (Lipinski definition) is 2. The fourth-order valence-corrected chi connectivity index (χ4v) is 5.71. The maximum Gasteiger partial charge on any atom is 0.416 e. The summed E-state index contributed by atoms with van der Waals surface area (Å²) in [5, 5.41) is 3.55. The molecule has 1 N–H and O–H groups in total. The summed E-state index contributed by atoms with van der Waals surface area (Å²) in [6.07, 6.45) is 2.54. The molecule has 2 fully saturated rings. The second-order valence-corrected chi connectivity index (χ2v) is 9.36. The van der Waals surface area contributed by atoms with Gasteiger partial charge in [0, 0.05) is 23.2 Å². The van der Waals surface area contributed by atoms with Gasteiger partial charge in [0.2, 0.25) is 5.91 Å². The molecule has 7 heteroatoms. The van der Waals surface area contributed by atoms with Crippen molar-refractivity contribution in [3.63, 3.8) is 0 Å². The predicted molar refractivity (Wildman–Crippen MR) is 118 cm³/mol. The van der Waals surface area contributed by atoms with Crippen LogP contribution in [0, 0.1) is 17.2 Å². The summed E-state index contributed by atoms with van der Waals surface area (Å²) < 4.78 is 52.8. The smallest absolute Gasteiger partial charge is 0.326 e. The summed E-state index contributed by atoms with van der Waals surface area (Å²) in [5.74, 6) is -0.403. The van der Waals surface area contributed by atoms with Crippen LogP contribution in [0.15, 0.2) is 54.7 Å². The second kappa shape index (κ2) is 8.12. The molecule has 2 saturated carbocycles. The monoisotopic (exact) mass is 456 g/mol. The van der Waals surface area contributed by atoms with E-state index in [1.807, 2.05) is 6.07 Å². The number of benzene rings is 2. The molecule has 0 radical (unpaired) electrons. The zero-order valence-corrected chi connectivity index (χ0v) is 18.0. The number of carbonyl (C=O) groups is 1. The minimum absolute atomic E-state index is 0.101. The molecule has 0 aliphatic heterocycles. The normalized spacial score (nSPS) is 25.1. The Morgan fingerprint density at radius 1 is 1.00 bits per heavy atom. The number of rotatable bonds is 3. The van der Waals surface area contributed by atoms with Crippen LogP contribution in [0.25, 0.3) is 10.9 Å². The molecular formula is C26H24F4N2O. The molecule has 0 bridgehead atoms. The first kappa shape index (κ1) is 21.9. The number of aromatic nitrogens is 1. The first-order valence-electron chi connectivity index (χ1n) is 11.3. The maximum absolute atomic E-state index is 13.8. The molecule has 2 aliphatic carbocycles. The Labute approximate surface area is 189 Å². The van der Waals surface area contributed by atoms with Gasteiger partial charge in [0.05, 0.1) is 11.1 Å². The minimum Gasteiger partial charge on any atom is -0.326 e. The highest BCUT2D eigenvalue weighted by atomic mass is 19.4. The standard InChI is InChI=1S/C26H24F4N2O/c27-18-4-5-23-21(15-18)20(9-13-31-23)16-6-10-25(11-7-16)12-8-22(25)24(33)32-19-3-1-2-17(14-19)26(28,29)30/h1-5,9,13-16,22H,6-8,10-12H2,(H,32,33)/t16?,22-,25?/m1/s1. The molecule has 1 heterocycles. The lowest BCUT2D eigenvalue weighted by Gasteiger charge is -2.52. The van der Waals surface area contributed by atoms with Crippen molar-refractivity contribution in [3.8, 4) is 0 Å². The van der Waals surface area contributed by atoms with Crippen molar-refractivity contribution in [2.45, 2.75) is 50.6 Å². The van der Waals surface area contributed by atoms with Crippen LogP contribution in [-0.2, 0) is 11.0 Å². The molecular weight excluding hydrogens is 432 g/mol. The number of hydrogen-bond donors (Lipinski definition) is 1. The average Bonchev–Trinajstić information content (AvgIpc) is 2.77. The van der Waals surface area contributed by atoms with Crippen LogP contribution in [0.3, 0.4) is 0 Å². The van der Waals surface area contributed by atoms with E-state index in [1.165, 1.54) is 24.3 Å². The van der Waals surface area contributed by atoms with E-state index in [0.29, 0.717) is 0 Å². The summed E-state index contributed by atoms with van der Waals surface area (Å²) in [6.45, 7) is 0. The number of anilines is 1. The lowest BCUT2D eigenvalue weighted by molar-refractivity contribution is -0.138. The number of halogens is 4. The van der Waals surface area contributed by atoms with Gasteiger partial charge < -0.3 is 5.32 Å². The molecule has 33 heavy (non-hydrogen) atoms. The van der Waals surface area contributed by atoms with Crippen molar-refractivity contribution >= 4 is 22.5 Å². The zero-order valence-electron chi connectivity index (χ0n) is 18.0. The van der Waals surface area contributed by atoms with Gasteiger partial charge in [0.15, 0.2) is 0 Å². The molecule has 3 aromatic rings. The van der Waals surface area contributed by atoms with Crippen LogP contribution >= 0.6 is 0 Å². The number of nitrogens with one attached hydrogen (secondary N) is 1. The molecule has 2 aliphatic rings. The van der Waals surface area contributed by atoms with E-state index in [2.05, 4.69) is 10.3 Å². The van der Waals surface area contributed by atoms with E-state index in [-0.39, 0.29) is 34.7 Å². The summed E-state index contributed by atoms with van der Waals surface area (Å²) >= 11 is 0. The van der Waals surface area contributed by atoms with Gasteiger partial charge in [-0.05, 0) is 97.9 Å². The van der Waals surface area contributed by atoms with Crippen LogP contribution < -0.4 is 5.32 Å². The fourth-order valence-electron chi connectivity index (χ4n) is 5.71. The predicted octanol–water partition coefficient (Wildman–Crippen LogP) is 7.09. The highest BCUT2D eigenvalue weighted by Gasteiger charge is 2.51. The Morgan fingerprint density at radius 3 is 2.45 bits per heavy atom. The first-order valence-corrected chi connectivity index (χ1v) is 11.3. The molecule has 3 nitrogen and oxygen atoms in total. The number of nitrogens with zero attached hydrogens (tertiary/aromatic N) is 1. The molecule has 2 aromatic carbocycles. The van der Waals surface area contributed by atoms with Crippen molar-refractivity contribution in [1.82, 2.24) is 4.98 Å². The Hall–Kier alpha value is -2.96. The number of carbonyl (C=O) groups excluding carboxylic acids is 1. The van der Waals surface area contributed by atoms with Gasteiger partial charge in [-0.1, -0.05) is 6.07 Å². The average molecular weight is 456 g/mol. The topological polar surface area (TPSA) is 42.0 Å². The third-order valence-corrected chi connectivity index (χ3v) is 7.60. The Morgan fingerprint density at radius 2 is 1.76 bits per heavy atom. The zero-order chi connectivity index (χ0) is 23.2. The van der Waals surface area contributed by atoms with Crippen molar-refractivity contribution < 1.29 is 22.4 Å². The van der Waals surface area contributed by atoms with Crippen LogP contribution in [0.5, 0.6) is 0 Å². The quantitative estimate of drug-likeness (QED) is 0.428. The molecule has 1 aromatic heterocycles.